The summed E-state index contributed by atoms with van der Waals surface area (Å²) >= 11 is 9.46. The van der Waals surface area contributed by atoms with Crippen LogP contribution in [-0.4, -0.2) is 141 Å². The number of carbonyl (C=O) groups excluding carboxylic acids is 2. The molecular weight excluding hydrogens is 634 g/mol. The zero-order chi connectivity index (χ0) is 34.6. The van der Waals surface area contributed by atoms with E-state index in [1.165, 1.54) is 6.92 Å². The van der Waals surface area contributed by atoms with Crippen molar-refractivity contribution in [2.75, 3.05) is 25.6 Å². The first-order chi connectivity index (χ1) is 21.1. The molecule has 3 fully saturated rings. The van der Waals surface area contributed by atoms with Gasteiger partial charge in [-0.3, -0.25) is 9.59 Å². The molecule has 0 aliphatic carbocycles. The van der Waals surface area contributed by atoms with E-state index in [9.17, 15) is 24.9 Å². The molecule has 45 heavy (non-hydrogen) atoms. The van der Waals surface area contributed by atoms with Crippen LogP contribution in [0.5, 0.6) is 0 Å². The molecule has 266 valence electrons. The number of rotatable bonds is 8. The van der Waals surface area contributed by atoms with Gasteiger partial charge in [0.25, 0.3) is 0 Å². The molecule has 0 unspecified atom stereocenters. The minimum atomic E-state index is -0.709. The molecule has 0 aromatic heterocycles. The fourth-order valence-electron chi connectivity index (χ4n) is 5.71. The van der Waals surface area contributed by atoms with Gasteiger partial charge < -0.3 is 55.5 Å². The second-order valence-corrected chi connectivity index (χ2v) is 12.8. The van der Waals surface area contributed by atoms with Gasteiger partial charge in [-0.15, -0.1) is 0 Å². The number of thiol groups is 1. The summed E-state index contributed by atoms with van der Waals surface area (Å²) < 4.78 is 16.5. The molecule has 9 N–H and O–H groups in total. The Morgan fingerprint density at radius 2 is 1.00 bits per heavy atom. The number of carbonyl (C=O) groups is 2. The molecule has 3 aliphatic rings. The van der Waals surface area contributed by atoms with E-state index in [1.807, 2.05) is 13.8 Å². The molecular formula is C29H56ClN3O11S. The highest BCUT2D eigenvalue weighted by Gasteiger charge is 2.43. The van der Waals surface area contributed by atoms with E-state index in [0.29, 0.717) is 12.2 Å². The van der Waals surface area contributed by atoms with Crippen LogP contribution in [0, 0.1) is 17.8 Å². The van der Waals surface area contributed by atoms with Gasteiger partial charge in [0.15, 0.2) is 0 Å². The molecule has 0 saturated carbocycles. The van der Waals surface area contributed by atoms with E-state index in [-0.39, 0.29) is 92.1 Å². The normalized spacial score (nSPS) is 41.4. The number of ether oxygens (including phenoxy) is 3. The molecule has 2 amide bonds. The summed E-state index contributed by atoms with van der Waals surface area (Å²) in [5, 5.41) is 62.4. The lowest BCUT2D eigenvalue weighted by Crippen LogP contribution is -2.60. The molecule has 0 bridgehead atoms. The van der Waals surface area contributed by atoms with Gasteiger partial charge in [0.2, 0.25) is 11.8 Å². The van der Waals surface area contributed by atoms with Crippen molar-refractivity contribution in [3.05, 3.63) is 0 Å². The Labute approximate surface area is 277 Å². The minimum Gasteiger partial charge on any atom is -0.394 e. The van der Waals surface area contributed by atoms with Crippen molar-refractivity contribution in [1.29, 1.82) is 0 Å². The highest BCUT2D eigenvalue weighted by atomic mass is 35.5. The lowest BCUT2D eigenvalue weighted by atomic mass is 9.87. The zero-order valence-electron chi connectivity index (χ0n) is 27.2. The molecule has 0 radical (unpaired) electrons. The molecule has 0 aromatic carbocycles. The summed E-state index contributed by atoms with van der Waals surface area (Å²) in [4.78, 5) is 24.9. The minimum absolute atomic E-state index is 0.0719. The number of aliphatic hydroxyl groups is 6. The van der Waals surface area contributed by atoms with Crippen molar-refractivity contribution >= 4 is 36.2 Å². The van der Waals surface area contributed by atoms with Crippen LogP contribution >= 0.6 is 24.4 Å². The van der Waals surface area contributed by atoms with Gasteiger partial charge in [0, 0.05) is 31.1 Å². The van der Waals surface area contributed by atoms with Crippen LogP contribution < -0.4 is 15.5 Å². The SMILES string of the molecule is CC(=O)N[C@@H]1[C@@H](O)[C@H](C)[C@@H](CO)O[C@H]1C.C[C@H]1[C@H](O)[C@@H](NC(=O)CCS)[C@H](C)O[C@@H]1CO.C[C@H]1[C@H](O)[C@@H](NCl)[C@H](C)O[C@@H]1CO. The molecule has 0 spiro atoms. The third kappa shape index (κ3) is 12.0. The van der Waals surface area contributed by atoms with E-state index in [2.05, 4.69) is 28.1 Å². The molecule has 3 rings (SSSR count). The molecule has 15 atom stereocenters. The number of nitrogens with one attached hydrogen (secondary N) is 3. The van der Waals surface area contributed by atoms with E-state index in [0.717, 1.165) is 0 Å². The first kappa shape index (κ1) is 42.2. The largest absolute Gasteiger partial charge is 0.394 e. The number of aliphatic hydroxyl groups excluding tert-OH is 6. The van der Waals surface area contributed by atoms with Gasteiger partial charge in [-0.1, -0.05) is 20.8 Å². The number of hydrogen-bond acceptors (Lipinski definition) is 13. The Hall–Kier alpha value is -0.820. The van der Waals surface area contributed by atoms with Gasteiger partial charge in [0.1, 0.15) is 0 Å². The van der Waals surface area contributed by atoms with Gasteiger partial charge >= 0.3 is 0 Å². The van der Waals surface area contributed by atoms with Crippen molar-refractivity contribution in [2.45, 2.75) is 128 Å². The average molecular weight is 690 g/mol. The van der Waals surface area contributed by atoms with Crippen molar-refractivity contribution < 1.29 is 54.4 Å². The van der Waals surface area contributed by atoms with Crippen LogP contribution in [0.2, 0.25) is 0 Å². The maximum atomic E-state index is 11.5. The molecule has 3 saturated heterocycles. The lowest BCUT2D eigenvalue weighted by molar-refractivity contribution is -0.161. The third-order valence-corrected chi connectivity index (χ3v) is 9.34. The van der Waals surface area contributed by atoms with Crippen LogP contribution in [-0.2, 0) is 23.8 Å². The van der Waals surface area contributed by atoms with E-state index < -0.39 is 30.4 Å². The van der Waals surface area contributed by atoms with Gasteiger partial charge in [-0.05, 0) is 38.3 Å². The standard InChI is InChI=1S/C11H21NO4S.C10H19NO4.C8H16ClNO3/c1-6-8(5-13)16-7(2)10(11(6)15)12-9(14)3-4-17;1-5-8(4-12)15-6(2)9(10(5)14)11-7(3)13;1-4-6(3-11)13-5(2)7(10-9)8(4)12/h6-8,10-11,13,15,17H,3-5H2,1-2H3,(H,12,14);5-6,8-10,12,14H,4H2,1-3H3,(H,11,13);4-8,10-12H,3H2,1-2H3/t6-,7+,8-,10+,11+;5-,6+,8-,9+,10+;4-,5+,6-,7+,8+/m111/s1. The smallest absolute Gasteiger partial charge is 0.221 e. The fourth-order valence-corrected chi connectivity index (χ4v) is 6.22. The summed E-state index contributed by atoms with van der Waals surface area (Å²) in [6, 6.07) is -1.11. The highest BCUT2D eigenvalue weighted by molar-refractivity contribution is 7.80. The van der Waals surface area contributed by atoms with Gasteiger partial charge in [0.05, 0.1) is 92.9 Å². The van der Waals surface area contributed by atoms with Crippen molar-refractivity contribution in [2.24, 2.45) is 17.8 Å². The number of amides is 2. The molecule has 14 nitrogen and oxygen atoms in total. The Morgan fingerprint density at radius 1 is 0.667 bits per heavy atom. The average Bonchev–Trinajstić information content (AvgIpc) is 3.00. The van der Waals surface area contributed by atoms with Crippen LogP contribution in [0.15, 0.2) is 0 Å². The van der Waals surface area contributed by atoms with E-state index >= 15 is 0 Å². The van der Waals surface area contributed by atoms with E-state index in [4.69, 9.17) is 41.3 Å². The van der Waals surface area contributed by atoms with Crippen LogP contribution in [0.3, 0.4) is 0 Å². The predicted molar refractivity (Wildman–Crippen MR) is 171 cm³/mol. The van der Waals surface area contributed by atoms with Crippen molar-refractivity contribution in [3.63, 3.8) is 0 Å². The second kappa shape index (κ2) is 20.5. The Balaban J connectivity index is 0.000000341. The summed E-state index contributed by atoms with van der Waals surface area (Å²) in [5.41, 5.74) is 0. The van der Waals surface area contributed by atoms with Gasteiger partial charge in [-0.25, -0.2) is 4.84 Å². The first-order valence-electron chi connectivity index (χ1n) is 15.5. The molecule has 0 aromatic rings. The molecule has 3 heterocycles. The Bertz CT molecular complexity index is 883. The maximum Gasteiger partial charge on any atom is 0.221 e. The van der Waals surface area contributed by atoms with Crippen LogP contribution in [0.4, 0.5) is 0 Å². The Kier molecular flexibility index (Phi) is 19.2. The summed E-state index contributed by atoms with van der Waals surface area (Å²) in [7, 11) is 0. The van der Waals surface area contributed by atoms with Crippen LogP contribution in [0.1, 0.15) is 54.9 Å². The van der Waals surface area contributed by atoms with Gasteiger partial charge in [-0.2, -0.15) is 12.6 Å². The molecule has 3 aliphatic heterocycles. The number of halogens is 1. The zero-order valence-corrected chi connectivity index (χ0v) is 28.9. The Morgan fingerprint density at radius 3 is 1.31 bits per heavy atom. The third-order valence-electron chi connectivity index (χ3n) is 8.87. The topological polar surface area (TPSA) is 219 Å². The lowest BCUT2D eigenvalue weighted by Gasteiger charge is -2.42. The summed E-state index contributed by atoms with van der Waals surface area (Å²) in [6.07, 6.45) is -3.51. The van der Waals surface area contributed by atoms with Crippen molar-refractivity contribution in [1.82, 2.24) is 15.5 Å². The monoisotopic (exact) mass is 689 g/mol. The predicted octanol–water partition coefficient (Wildman–Crippen LogP) is -1.29. The highest BCUT2D eigenvalue weighted by Crippen LogP contribution is 2.27. The fraction of sp³-hybridized carbons (Fsp3) is 0.931. The molecule has 16 heteroatoms. The maximum absolute atomic E-state index is 11.5. The van der Waals surface area contributed by atoms with Crippen molar-refractivity contribution in [3.8, 4) is 0 Å². The summed E-state index contributed by atoms with van der Waals surface area (Å²) in [5.74, 6) is -0.380. The second-order valence-electron chi connectivity index (χ2n) is 12.2. The first-order valence-corrected chi connectivity index (χ1v) is 16.5. The summed E-state index contributed by atoms with van der Waals surface area (Å²) in [6.45, 7) is 11.9. The quantitative estimate of drug-likeness (QED) is 0.106. The number of hydrogen-bond donors (Lipinski definition) is 10. The van der Waals surface area contributed by atoms with Crippen LogP contribution in [0.25, 0.3) is 0 Å². The van der Waals surface area contributed by atoms with E-state index in [1.54, 1.807) is 27.7 Å².